The number of benzene rings is 1. The van der Waals surface area contributed by atoms with Crippen LogP contribution in [0.4, 0.5) is 0 Å². The molecule has 0 aliphatic heterocycles. The molecule has 0 spiro atoms. The van der Waals surface area contributed by atoms with Gasteiger partial charge in [0.25, 0.3) is 0 Å². The molecule has 1 aliphatic carbocycles. The minimum atomic E-state index is -0.389. The molecule has 2 nitrogen and oxygen atoms in total. The van der Waals surface area contributed by atoms with Gasteiger partial charge in [-0.05, 0) is 53.4 Å². The highest BCUT2D eigenvalue weighted by atomic mass is 32.3. The summed E-state index contributed by atoms with van der Waals surface area (Å²) in [6.45, 7) is 14.2. The molecule has 0 heterocycles. The van der Waals surface area contributed by atoms with E-state index in [1.807, 2.05) is 6.07 Å². The molecule has 0 amide bonds. The molecule has 0 unspecified atom stereocenters. The van der Waals surface area contributed by atoms with Gasteiger partial charge in [-0.1, -0.05) is 47.6 Å². The number of hydrogen-bond donors (Lipinski definition) is 1. The summed E-state index contributed by atoms with van der Waals surface area (Å²) in [5, 5.41) is 11.7. The van der Waals surface area contributed by atoms with Crippen LogP contribution in [0.2, 0.25) is 0 Å². The molecule has 2 rings (SSSR count). The van der Waals surface area contributed by atoms with Gasteiger partial charge in [0.05, 0.1) is 6.10 Å². The van der Waals surface area contributed by atoms with Crippen LogP contribution in [-0.4, -0.2) is 33.2 Å². The Balaban J connectivity index is 0.000000232. The number of hydrogen-bond acceptors (Lipinski definition) is 2. The Kier molecular flexibility index (Phi) is 7.79. The zero-order valence-electron chi connectivity index (χ0n) is 16.0. The van der Waals surface area contributed by atoms with E-state index in [2.05, 4.69) is 47.8 Å². The number of phenols is 1. The zero-order valence-corrected chi connectivity index (χ0v) is 16.8. The molecule has 0 aromatic heterocycles. The Morgan fingerprint density at radius 3 is 1.83 bits per heavy atom. The summed E-state index contributed by atoms with van der Waals surface area (Å²) < 4.78 is 5.57. The molecule has 1 aliphatic rings. The van der Waals surface area contributed by atoms with Crippen LogP contribution in [0, 0.1) is 0 Å². The summed E-state index contributed by atoms with van der Waals surface area (Å²) in [7, 11) is -0.389. The van der Waals surface area contributed by atoms with Crippen LogP contribution in [0.15, 0.2) is 24.3 Å². The van der Waals surface area contributed by atoms with Crippen LogP contribution >= 0.6 is 10.0 Å². The van der Waals surface area contributed by atoms with E-state index >= 15 is 0 Å². The number of rotatable bonds is 5. The van der Waals surface area contributed by atoms with E-state index < -0.39 is 0 Å². The Morgan fingerprint density at radius 1 is 1.00 bits per heavy atom. The van der Waals surface area contributed by atoms with Crippen LogP contribution in [0.1, 0.15) is 60.8 Å². The fourth-order valence-corrected chi connectivity index (χ4v) is 6.14. The van der Waals surface area contributed by atoms with Gasteiger partial charge >= 0.3 is 0 Å². The fourth-order valence-electron chi connectivity index (χ4n) is 2.87. The van der Waals surface area contributed by atoms with Crippen molar-refractivity contribution in [2.75, 3.05) is 6.26 Å². The average molecular weight is 341 g/mol. The van der Waals surface area contributed by atoms with Gasteiger partial charge in [0.2, 0.25) is 0 Å². The van der Waals surface area contributed by atoms with Crippen molar-refractivity contribution in [3.8, 4) is 11.5 Å². The molecule has 3 heteroatoms. The lowest BCUT2D eigenvalue weighted by Gasteiger charge is -2.48. The highest BCUT2D eigenvalue weighted by Gasteiger charge is 2.29. The normalized spacial score (nSPS) is 16.1. The van der Waals surface area contributed by atoms with Crippen LogP contribution in [0.25, 0.3) is 0 Å². The first-order valence-electron chi connectivity index (χ1n) is 8.88. The van der Waals surface area contributed by atoms with E-state index in [1.54, 1.807) is 18.2 Å². The molecule has 0 atom stereocenters. The van der Waals surface area contributed by atoms with Crippen molar-refractivity contribution in [3.63, 3.8) is 0 Å². The lowest BCUT2D eigenvalue weighted by atomic mass is 9.96. The zero-order chi connectivity index (χ0) is 17.6. The average Bonchev–Trinajstić information content (AvgIpc) is 2.42. The molecule has 1 saturated carbocycles. The van der Waals surface area contributed by atoms with E-state index in [0.717, 1.165) is 34.3 Å². The first kappa shape index (κ1) is 20.2. The van der Waals surface area contributed by atoms with Crippen molar-refractivity contribution in [3.05, 3.63) is 24.3 Å². The minimum absolute atomic E-state index is 0.270. The van der Waals surface area contributed by atoms with Gasteiger partial charge in [0, 0.05) is 6.07 Å². The van der Waals surface area contributed by atoms with Crippen LogP contribution < -0.4 is 4.74 Å². The highest BCUT2D eigenvalue weighted by Crippen LogP contribution is 2.56. The number of aromatic hydroxyl groups is 1. The van der Waals surface area contributed by atoms with E-state index in [4.69, 9.17) is 9.84 Å². The Morgan fingerprint density at radius 2 is 1.52 bits per heavy atom. The Hall–Kier alpha value is -0.830. The largest absolute Gasteiger partial charge is 0.508 e. The molecule has 1 N–H and O–H groups in total. The van der Waals surface area contributed by atoms with Gasteiger partial charge in [-0.3, -0.25) is 0 Å². The molecular weight excluding hydrogens is 304 g/mol. The standard InChI is InChI=1S/C10H12O2.C10H24S/c11-8-3-1-6-10(7-8)12-9-4-2-5-9;1-8(2)11(7,9(3)4)10(5)6/h1,3,6-7,9,11H,2,4-5H2;8-10H,1-7H3. The second-order valence-electron chi connectivity index (χ2n) is 7.43. The molecule has 0 radical (unpaired) electrons. The molecule has 23 heavy (non-hydrogen) atoms. The van der Waals surface area contributed by atoms with Crippen molar-refractivity contribution in [2.45, 2.75) is 82.7 Å². The van der Waals surface area contributed by atoms with Gasteiger partial charge in [0.1, 0.15) is 11.5 Å². The topological polar surface area (TPSA) is 29.5 Å². The summed E-state index contributed by atoms with van der Waals surface area (Å²) in [4.78, 5) is 0. The maximum Gasteiger partial charge on any atom is 0.123 e. The summed E-state index contributed by atoms with van der Waals surface area (Å²) in [6.07, 6.45) is 6.44. The Labute approximate surface area is 145 Å². The summed E-state index contributed by atoms with van der Waals surface area (Å²) in [5.74, 6) is 1.05. The summed E-state index contributed by atoms with van der Waals surface area (Å²) in [6, 6.07) is 6.97. The lowest BCUT2D eigenvalue weighted by Crippen LogP contribution is -2.27. The summed E-state index contributed by atoms with van der Waals surface area (Å²) in [5.41, 5.74) is 0. The third kappa shape index (κ3) is 5.63. The smallest absolute Gasteiger partial charge is 0.123 e. The highest BCUT2D eigenvalue weighted by molar-refractivity contribution is 8.34. The SMILES string of the molecule is CC(C)S(C)(C(C)C)C(C)C.Oc1cccc(OC2CCC2)c1. The lowest BCUT2D eigenvalue weighted by molar-refractivity contribution is 0.120. The molecule has 0 bridgehead atoms. The molecule has 0 saturated heterocycles. The van der Waals surface area contributed by atoms with E-state index in [9.17, 15) is 0 Å². The van der Waals surface area contributed by atoms with E-state index in [-0.39, 0.29) is 15.8 Å². The van der Waals surface area contributed by atoms with Gasteiger partial charge in [-0.15, -0.1) is 0 Å². The van der Waals surface area contributed by atoms with Gasteiger partial charge in [-0.25, -0.2) is 10.0 Å². The second kappa shape index (κ2) is 8.86. The fraction of sp³-hybridized carbons (Fsp3) is 0.700. The van der Waals surface area contributed by atoms with Crippen molar-refractivity contribution >= 4 is 10.0 Å². The Bertz CT molecular complexity index is 443. The molecule has 1 fully saturated rings. The van der Waals surface area contributed by atoms with Gasteiger partial charge in [0.15, 0.2) is 0 Å². The van der Waals surface area contributed by atoms with Gasteiger partial charge in [-0.2, -0.15) is 0 Å². The first-order valence-corrected chi connectivity index (χ1v) is 11.1. The monoisotopic (exact) mass is 340 g/mol. The predicted molar refractivity (Wildman–Crippen MR) is 105 cm³/mol. The van der Waals surface area contributed by atoms with Crippen molar-refractivity contribution in [1.82, 2.24) is 0 Å². The van der Waals surface area contributed by atoms with E-state index in [1.165, 1.54) is 6.42 Å². The molecule has 134 valence electrons. The predicted octanol–water partition coefficient (Wildman–Crippen LogP) is 5.97. The number of phenolic OH excluding ortho intramolecular Hbond substituents is 1. The van der Waals surface area contributed by atoms with Crippen LogP contribution in [-0.2, 0) is 0 Å². The van der Waals surface area contributed by atoms with Crippen molar-refractivity contribution in [2.24, 2.45) is 0 Å². The molecular formula is C20H36O2S. The quantitative estimate of drug-likeness (QED) is 0.715. The van der Waals surface area contributed by atoms with Crippen molar-refractivity contribution in [1.29, 1.82) is 0 Å². The molecule has 1 aromatic rings. The van der Waals surface area contributed by atoms with Gasteiger partial charge < -0.3 is 9.84 Å². The maximum absolute atomic E-state index is 9.14. The third-order valence-corrected chi connectivity index (χ3v) is 11.3. The van der Waals surface area contributed by atoms with Crippen LogP contribution in [0.3, 0.4) is 0 Å². The maximum atomic E-state index is 9.14. The minimum Gasteiger partial charge on any atom is -0.508 e. The van der Waals surface area contributed by atoms with E-state index in [0.29, 0.717) is 6.10 Å². The van der Waals surface area contributed by atoms with Crippen LogP contribution in [0.5, 0.6) is 11.5 Å². The molecule has 1 aromatic carbocycles. The first-order chi connectivity index (χ1) is 10.7. The third-order valence-electron chi connectivity index (χ3n) is 5.22. The summed E-state index contributed by atoms with van der Waals surface area (Å²) >= 11 is 0. The second-order valence-corrected chi connectivity index (χ2v) is 12.5. The number of ether oxygens (including phenoxy) is 1. The van der Waals surface area contributed by atoms with Crippen molar-refractivity contribution < 1.29 is 9.84 Å².